The lowest BCUT2D eigenvalue weighted by Crippen LogP contribution is -2.47. The van der Waals surface area contributed by atoms with Crippen molar-refractivity contribution in [1.29, 1.82) is 0 Å². The number of aromatic nitrogens is 2. The first kappa shape index (κ1) is 20.7. The van der Waals surface area contributed by atoms with Crippen LogP contribution in [0.15, 0.2) is 35.6 Å². The molecule has 1 atom stereocenters. The zero-order valence-electron chi connectivity index (χ0n) is 17.2. The van der Waals surface area contributed by atoms with Crippen LogP contribution in [0.4, 0.5) is 0 Å². The Labute approximate surface area is 170 Å². The summed E-state index contributed by atoms with van der Waals surface area (Å²) in [7, 11) is 6.54. The van der Waals surface area contributed by atoms with Gasteiger partial charge in [-0.1, -0.05) is 6.07 Å². The Morgan fingerprint density at radius 1 is 1.41 bits per heavy atom. The fraction of sp³-hybridized carbons (Fsp3) is 0.450. The number of hydrogen-bond donors (Lipinski definition) is 1. The van der Waals surface area contributed by atoms with Crippen LogP contribution in [-0.4, -0.2) is 67.6 Å². The predicted octanol–water partition coefficient (Wildman–Crippen LogP) is 1.36. The van der Waals surface area contributed by atoms with Crippen molar-refractivity contribution in [2.45, 2.75) is 12.6 Å². The number of methoxy groups -OCH3 is 2. The molecule has 0 amide bonds. The van der Waals surface area contributed by atoms with Crippen molar-refractivity contribution in [3.8, 4) is 5.75 Å². The van der Waals surface area contributed by atoms with E-state index in [4.69, 9.17) is 14.2 Å². The Morgan fingerprint density at radius 3 is 2.90 bits per heavy atom. The van der Waals surface area contributed by atoms with E-state index in [1.807, 2.05) is 31.6 Å². The zero-order chi connectivity index (χ0) is 20.8. The molecule has 3 rings (SSSR count). The number of esters is 1. The van der Waals surface area contributed by atoms with Crippen molar-refractivity contribution in [2.24, 2.45) is 12.0 Å². The van der Waals surface area contributed by atoms with Crippen LogP contribution in [0.1, 0.15) is 27.6 Å². The van der Waals surface area contributed by atoms with Gasteiger partial charge < -0.3 is 24.4 Å². The highest BCUT2D eigenvalue weighted by atomic mass is 16.5. The molecule has 1 aromatic heterocycles. The molecule has 0 saturated carbocycles. The molecule has 1 aromatic carbocycles. The molecular weight excluding hydrogens is 374 g/mol. The second-order valence-electron chi connectivity index (χ2n) is 6.68. The highest BCUT2D eigenvalue weighted by Gasteiger charge is 2.25. The molecule has 156 valence electrons. The highest BCUT2D eigenvalue weighted by molar-refractivity contribution is 5.92. The van der Waals surface area contributed by atoms with E-state index in [1.165, 1.54) is 14.2 Å². The maximum Gasteiger partial charge on any atom is 0.341 e. The van der Waals surface area contributed by atoms with Crippen molar-refractivity contribution >= 4 is 11.9 Å². The van der Waals surface area contributed by atoms with Gasteiger partial charge in [0.25, 0.3) is 0 Å². The number of nitrogens with zero attached hydrogens (tertiary/aromatic N) is 4. The van der Waals surface area contributed by atoms with Gasteiger partial charge in [0.2, 0.25) is 0 Å². The van der Waals surface area contributed by atoms with Gasteiger partial charge in [0.1, 0.15) is 17.4 Å². The smallest absolute Gasteiger partial charge is 0.341 e. The first-order valence-electron chi connectivity index (χ1n) is 9.36. The fourth-order valence-electron chi connectivity index (χ4n) is 3.29. The van der Waals surface area contributed by atoms with Crippen LogP contribution in [0.3, 0.4) is 0 Å². The number of guanidine groups is 1. The summed E-state index contributed by atoms with van der Waals surface area (Å²) in [5.74, 6) is 0.847. The SMILES string of the molecule is CN=C(NCc1ccc(C(=O)OC)c(OC)c1)N1CCOC(c2cnn(C)c2)C1. The minimum Gasteiger partial charge on any atom is -0.496 e. The number of ether oxygens (including phenoxy) is 3. The Morgan fingerprint density at radius 2 is 2.24 bits per heavy atom. The maximum atomic E-state index is 11.8. The topological polar surface area (TPSA) is 90.2 Å². The standard InChI is InChI=1S/C20H27N5O4/c1-21-20(25-7-8-29-18(13-25)15-11-23-24(2)12-15)22-10-14-5-6-16(19(26)28-4)17(9-14)27-3/h5-6,9,11-12,18H,7-8,10,13H2,1-4H3,(H,21,22). The van der Waals surface area contributed by atoms with Gasteiger partial charge in [-0.15, -0.1) is 0 Å². The quantitative estimate of drug-likeness (QED) is 0.460. The minimum absolute atomic E-state index is 0.0459. The van der Waals surface area contributed by atoms with Crippen molar-refractivity contribution in [1.82, 2.24) is 20.0 Å². The van der Waals surface area contributed by atoms with Gasteiger partial charge in [0.15, 0.2) is 5.96 Å². The Bertz CT molecular complexity index is 880. The van der Waals surface area contributed by atoms with E-state index in [-0.39, 0.29) is 6.10 Å². The van der Waals surface area contributed by atoms with Crippen molar-refractivity contribution in [2.75, 3.05) is 41.0 Å². The first-order chi connectivity index (χ1) is 14.0. The van der Waals surface area contributed by atoms with Crippen LogP contribution in [0.25, 0.3) is 0 Å². The number of carbonyl (C=O) groups is 1. The largest absolute Gasteiger partial charge is 0.496 e. The van der Waals surface area contributed by atoms with Crippen LogP contribution < -0.4 is 10.1 Å². The third kappa shape index (κ3) is 4.86. The summed E-state index contributed by atoms with van der Waals surface area (Å²) in [5, 5.41) is 7.60. The van der Waals surface area contributed by atoms with Gasteiger partial charge in [0.05, 0.1) is 33.6 Å². The van der Waals surface area contributed by atoms with Gasteiger partial charge >= 0.3 is 5.97 Å². The number of aryl methyl sites for hydroxylation is 1. The number of carbonyl (C=O) groups excluding carboxylic acids is 1. The molecule has 0 bridgehead atoms. The van der Waals surface area contributed by atoms with Gasteiger partial charge in [-0.05, 0) is 17.7 Å². The number of hydrogen-bond acceptors (Lipinski definition) is 6. The lowest BCUT2D eigenvalue weighted by atomic mass is 10.1. The van der Waals surface area contributed by atoms with E-state index >= 15 is 0 Å². The lowest BCUT2D eigenvalue weighted by molar-refractivity contribution is -0.00805. The number of benzene rings is 1. The second-order valence-corrected chi connectivity index (χ2v) is 6.68. The molecular formula is C20H27N5O4. The molecule has 1 aliphatic heterocycles. The van der Waals surface area contributed by atoms with Gasteiger partial charge in [-0.25, -0.2) is 4.79 Å². The van der Waals surface area contributed by atoms with E-state index in [0.29, 0.717) is 31.0 Å². The zero-order valence-corrected chi connectivity index (χ0v) is 17.2. The molecule has 1 N–H and O–H groups in total. The molecule has 1 unspecified atom stereocenters. The summed E-state index contributed by atoms with van der Waals surface area (Å²) in [4.78, 5) is 18.4. The van der Waals surface area contributed by atoms with Crippen LogP contribution in [0, 0.1) is 0 Å². The van der Waals surface area contributed by atoms with Crippen LogP contribution in [0.5, 0.6) is 5.75 Å². The van der Waals surface area contributed by atoms with Gasteiger partial charge in [-0.2, -0.15) is 5.10 Å². The normalized spacial score (nSPS) is 17.2. The van der Waals surface area contributed by atoms with E-state index in [0.717, 1.165) is 23.6 Å². The van der Waals surface area contributed by atoms with Crippen LogP contribution in [-0.2, 0) is 23.1 Å². The van der Waals surface area contributed by atoms with Crippen molar-refractivity contribution < 1.29 is 19.0 Å². The van der Waals surface area contributed by atoms with Gasteiger partial charge in [0, 0.05) is 38.9 Å². The maximum absolute atomic E-state index is 11.8. The molecule has 9 nitrogen and oxygen atoms in total. The molecule has 29 heavy (non-hydrogen) atoms. The van der Waals surface area contributed by atoms with E-state index in [9.17, 15) is 4.79 Å². The summed E-state index contributed by atoms with van der Waals surface area (Å²) >= 11 is 0. The molecule has 0 radical (unpaired) electrons. The summed E-state index contributed by atoms with van der Waals surface area (Å²) in [6.45, 7) is 2.60. The summed E-state index contributed by atoms with van der Waals surface area (Å²) in [6, 6.07) is 5.40. The average Bonchev–Trinajstić information content (AvgIpc) is 3.20. The second kappa shape index (κ2) is 9.42. The number of morpholine rings is 1. The Balaban J connectivity index is 1.65. The Kier molecular flexibility index (Phi) is 6.71. The van der Waals surface area contributed by atoms with Crippen molar-refractivity contribution in [3.05, 3.63) is 47.3 Å². The van der Waals surface area contributed by atoms with Gasteiger partial charge in [-0.3, -0.25) is 9.67 Å². The minimum atomic E-state index is -0.424. The molecule has 2 aromatic rings. The number of nitrogens with one attached hydrogen (secondary N) is 1. The molecule has 1 fully saturated rings. The van der Waals surface area contributed by atoms with E-state index in [2.05, 4.69) is 20.3 Å². The predicted molar refractivity (Wildman–Crippen MR) is 108 cm³/mol. The summed E-state index contributed by atoms with van der Waals surface area (Å²) in [5.41, 5.74) is 2.42. The van der Waals surface area contributed by atoms with Crippen LogP contribution in [0.2, 0.25) is 0 Å². The molecule has 2 heterocycles. The number of rotatable bonds is 5. The molecule has 1 aliphatic rings. The lowest BCUT2D eigenvalue weighted by Gasteiger charge is -2.34. The summed E-state index contributed by atoms with van der Waals surface area (Å²) < 4.78 is 17.8. The molecule has 0 aliphatic carbocycles. The fourth-order valence-corrected chi connectivity index (χ4v) is 3.29. The summed E-state index contributed by atoms with van der Waals surface area (Å²) in [6.07, 6.45) is 3.76. The number of aliphatic imine (C=N–C) groups is 1. The first-order valence-corrected chi connectivity index (χ1v) is 9.36. The molecule has 0 spiro atoms. The molecule has 9 heteroatoms. The Hall–Kier alpha value is -3.07. The monoisotopic (exact) mass is 401 g/mol. The third-order valence-corrected chi connectivity index (χ3v) is 4.80. The van der Waals surface area contributed by atoms with Crippen molar-refractivity contribution in [3.63, 3.8) is 0 Å². The van der Waals surface area contributed by atoms with E-state index < -0.39 is 5.97 Å². The third-order valence-electron chi connectivity index (χ3n) is 4.80. The van der Waals surface area contributed by atoms with Crippen LogP contribution >= 0.6 is 0 Å². The highest BCUT2D eigenvalue weighted by Crippen LogP contribution is 2.23. The van der Waals surface area contributed by atoms with E-state index in [1.54, 1.807) is 17.8 Å². The average molecular weight is 401 g/mol. The molecule has 1 saturated heterocycles.